The minimum Gasteiger partial charge on any atom is -0.303 e. The molecule has 1 aromatic rings. The Balaban J connectivity index is 2.31. The van der Waals surface area contributed by atoms with Gasteiger partial charge in [0.05, 0.1) is 5.54 Å². The Hall–Kier alpha value is -0.930. The Morgan fingerprint density at radius 1 is 1.20 bits per heavy atom. The molecule has 0 bridgehead atoms. The summed E-state index contributed by atoms with van der Waals surface area (Å²) in [7, 11) is 4.39. The molecule has 1 aromatic heterocycles. The number of hydrogen-bond donors (Lipinski definition) is 0. The van der Waals surface area contributed by atoms with Crippen molar-refractivity contribution in [1.29, 1.82) is 0 Å². The summed E-state index contributed by atoms with van der Waals surface area (Å²) in [6, 6.07) is 4.24. The fourth-order valence-corrected chi connectivity index (χ4v) is 2.32. The van der Waals surface area contributed by atoms with E-state index in [-0.39, 0.29) is 5.54 Å². The van der Waals surface area contributed by atoms with Gasteiger partial charge in [0.2, 0.25) is 0 Å². The summed E-state index contributed by atoms with van der Waals surface area (Å²) < 4.78 is 0. The van der Waals surface area contributed by atoms with Gasteiger partial charge < -0.3 is 4.90 Å². The molecule has 15 heavy (non-hydrogen) atoms. The van der Waals surface area contributed by atoms with Crippen molar-refractivity contribution < 1.29 is 0 Å². The average molecular weight is 205 g/mol. The van der Waals surface area contributed by atoms with Crippen molar-refractivity contribution in [3.8, 4) is 0 Å². The lowest BCUT2D eigenvalue weighted by atomic mass is 9.89. The maximum absolute atomic E-state index is 4.08. The van der Waals surface area contributed by atoms with Gasteiger partial charge in [0.25, 0.3) is 0 Å². The highest BCUT2D eigenvalue weighted by Gasteiger charge is 2.35. The van der Waals surface area contributed by atoms with Gasteiger partial charge in [-0.3, -0.25) is 9.88 Å². The van der Waals surface area contributed by atoms with Gasteiger partial charge in [0.1, 0.15) is 0 Å². The molecular formula is C12H19N3. The molecular weight excluding hydrogens is 186 g/mol. The number of rotatable bonds is 1. The zero-order chi connectivity index (χ0) is 10.9. The summed E-state index contributed by atoms with van der Waals surface area (Å²) in [5.74, 6) is 0. The fraction of sp³-hybridized carbons (Fsp3) is 0.583. The number of nitrogens with zero attached hydrogens (tertiary/aromatic N) is 3. The molecule has 0 saturated carbocycles. The van der Waals surface area contributed by atoms with E-state index in [0.717, 1.165) is 19.6 Å². The summed E-state index contributed by atoms with van der Waals surface area (Å²) in [6.45, 7) is 5.65. The third-order valence-electron chi connectivity index (χ3n) is 3.54. The summed E-state index contributed by atoms with van der Waals surface area (Å²) in [5.41, 5.74) is 1.47. The van der Waals surface area contributed by atoms with Gasteiger partial charge in [-0.1, -0.05) is 0 Å². The SMILES string of the molecule is CN1CCN(C)C(C)(c2ccncc2)C1. The van der Waals surface area contributed by atoms with Crippen molar-refractivity contribution in [3.05, 3.63) is 30.1 Å². The lowest BCUT2D eigenvalue weighted by Crippen LogP contribution is -2.56. The molecule has 0 N–H and O–H groups in total. The van der Waals surface area contributed by atoms with Gasteiger partial charge in [0, 0.05) is 32.0 Å². The molecule has 0 aromatic carbocycles. The molecule has 1 atom stereocenters. The van der Waals surface area contributed by atoms with Crippen LogP contribution in [0.4, 0.5) is 0 Å². The number of likely N-dealkylation sites (N-methyl/N-ethyl adjacent to an activating group) is 2. The van der Waals surface area contributed by atoms with Crippen LogP contribution in [0.1, 0.15) is 12.5 Å². The Morgan fingerprint density at radius 3 is 2.53 bits per heavy atom. The first-order valence-electron chi connectivity index (χ1n) is 5.43. The Kier molecular flexibility index (Phi) is 2.76. The molecule has 2 heterocycles. The fourth-order valence-electron chi connectivity index (χ4n) is 2.32. The van der Waals surface area contributed by atoms with Crippen LogP contribution >= 0.6 is 0 Å². The van der Waals surface area contributed by atoms with Crippen molar-refractivity contribution in [2.45, 2.75) is 12.5 Å². The van der Waals surface area contributed by atoms with Gasteiger partial charge in [-0.2, -0.15) is 0 Å². The van der Waals surface area contributed by atoms with E-state index in [9.17, 15) is 0 Å². The molecule has 1 aliphatic rings. The third-order valence-corrected chi connectivity index (χ3v) is 3.54. The number of aromatic nitrogens is 1. The number of piperazine rings is 1. The Labute approximate surface area is 91.7 Å². The van der Waals surface area contributed by atoms with E-state index in [4.69, 9.17) is 0 Å². The van der Waals surface area contributed by atoms with Crippen LogP contribution in [-0.2, 0) is 5.54 Å². The van der Waals surface area contributed by atoms with Crippen LogP contribution in [0.15, 0.2) is 24.5 Å². The van der Waals surface area contributed by atoms with Gasteiger partial charge >= 0.3 is 0 Å². The molecule has 82 valence electrons. The minimum absolute atomic E-state index is 0.121. The lowest BCUT2D eigenvalue weighted by molar-refractivity contribution is 0.0379. The largest absolute Gasteiger partial charge is 0.303 e. The van der Waals surface area contributed by atoms with Crippen molar-refractivity contribution in [2.75, 3.05) is 33.7 Å². The first-order chi connectivity index (χ1) is 7.13. The van der Waals surface area contributed by atoms with Crippen molar-refractivity contribution >= 4 is 0 Å². The van der Waals surface area contributed by atoms with E-state index in [1.54, 1.807) is 0 Å². The molecule has 3 nitrogen and oxygen atoms in total. The van der Waals surface area contributed by atoms with Gasteiger partial charge in [0.15, 0.2) is 0 Å². The second-order valence-electron chi connectivity index (χ2n) is 4.67. The first kappa shape index (κ1) is 10.6. The topological polar surface area (TPSA) is 19.4 Å². The van der Waals surface area contributed by atoms with Crippen LogP contribution in [0.25, 0.3) is 0 Å². The molecule has 0 spiro atoms. The van der Waals surface area contributed by atoms with Crippen LogP contribution < -0.4 is 0 Å². The molecule has 0 aliphatic carbocycles. The number of hydrogen-bond acceptors (Lipinski definition) is 3. The van der Waals surface area contributed by atoms with Crippen molar-refractivity contribution in [3.63, 3.8) is 0 Å². The molecule has 0 radical (unpaired) electrons. The average Bonchev–Trinajstić information content (AvgIpc) is 2.25. The standard InChI is InChI=1S/C12H19N3/c1-12(11-4-6-13-7-5-11)10-14(2)8-9-15(12)3/h4-7H,8-10H2,1-3H3. The van der Waals surface area contributed by atoms with E-state index in [1.807, 2.05) is 12.4 Å². The Bertz CT molecular complexity index is 325. The number of pyridine rings is 1. The zero-order valence-electron chi connectivity index (χ0n) is 9.77. The summed E-state index contributed by atoms with van der Waals surface area (Å²) in [6.07, 6.45) is 3.76. The van der Waals surface area contributed by atoms with Crippen LogP contribution in [0.3, 0.4) is 0 Å². The van der Waals surface area contributed by atoms with E-state index < -0.39 is 0 Å². The minimum atomic E-state index is 0.121. The molecule has 1 unspecified atom stereocenters. The van der Waals surface area contributed by atoms with Crippen LogP contribution in [0.5, 0.6) is 0 Å². The van der Waals surface area contributed by atoms with Gasteiger partial charge in [-0.25, -0.2) is 0 Å². The molecule has 1 saturated heterocycles. The summed E-state index contributed by atoms with van der Waals surface area (Å²) in [4.78, 5) is 8.91. The monoisotopic (exact) mass is 205 g/mol. The maximum Gasteiger partial charge on any atom is 0.0558 e. The zero-order valence-corrected chi connectivity index (χ0v) is 9.77. The quantitative estimate of drug-likeness (QED) is 0.686. The van der Waals surface area contributed by atoms with E-state index in [2.05, 4.69) is 47.9 Å². The second kappa shape index (κ2) is 3.91. The van der Waals surface area contributed by atoms with E-state index in [1.165, 1.54) is 5.56 Å². The maximum atomic E-state index is 4.08. The van der Waals surface area contributed by atoms with Gasteiger partial charge in [-0.05, 0) is 38.7 Å². The van der Waals surface area contributed by atoms with Crippen LogP contribution in [0.2, 0.25) is 0 Å². The second-order valence-corrected chi connectivity index (χ2v) is 4.67. The van der Waals surface area contributed by atoms with Gasteiger partial charge in [-0.15, -0.1) is 0 Å². The van der Waals surface area contributed by atoms with Crippen LogP contribution in [0, 0.1) is 0 Å². The predicted octanol–water partition coefficient (Wildman–Crippen LogP) is 1.17. The Morgan fingerprint density at radius 2 is 1.87 bits per heavy atom. The highest BCUT2D eigenvalue weighted by Crippen LogP contribution is 2.29. The summed E-state index contributed by atoms with van der Waals surface area (Å²) in [5, 5.41) is 0. The highest BCUT2D eigenvalue weighted by atomic mass is 15.3. The highest BCUT2D eigenvalue weighted by molar-refractivity contribution is 5.22. The van der Waals surface area contributed by atoms with E-state index >= 15 is 0 Å². The van der Waals surface area contributed by atoms with Crippen molar-refractivity contribution in [1.82, 2.24) is 14.8 Å². The molecule has 1 fully saturated rings. The van der Waals surface area contributed by atoms with E-state index in [0.29, 0.717) is 0 Å². The molecule has 3 heteroatoms. The molecule has 2 rings (SSSR count). The summed E-state index contributed by atoms with van der Waals surface area (Å²) >= 11 is 0. The van der Waals surface area contributed by atoms with Crippen LogP contribution in [-0.4, -0.2) is 48.5 Å². The molecule has 0 amide bonds. The lowest BCUT2D eigenvalue weighted by Gasteiger charge is -2.46. The van der Waals surface area contributed by atoms with Crippen molar-refractivity contribution in [2.24, 2.45) is 0 Å². The third kappa shape index (κ3) is 1.90. The first-order valence-corrected chi connectivity index (χ1v) is 5.43. The predicted molar refractivity (Wildman–Crippen MR) is 61.7 cm³/mol. The molecule has 1 aliphatic heterocycles. The normalized spacial score (nSPS) is 29.3. The smallest absolute Gasteiger partial charge is 0.0558 e.